The molecule has 64 valence electrons. The van der Waals surface area contributed by atoms with Crippen LogP contribution in [0.3, 0.4) is 0 Å². The third-order valence-corrected chi connectivity index (χ3v) is 3.21. The molecule has 0 amide bonds. The van der Waals surface area contributed by atoms with Crippen molar-refractivity contribution in [3.8, 4) is 0 Å². The fourth-order valence-electron chi connectivity index (χ4n) is 1.83. The van der Waals surface area contributed by atoms with Gasteiger partial charge in [0.15, 0.2) is 0 Å². The first-order chi connectivity index (χ1) is 4.94. The van der Waals surface area contributed by atoms with Crippen LogP contribution in [0.2, 0.25) is 0 Å². The van der Waals surface area contributed by atoms with E-state index in [4.69, 9.17) is 5.73 Å². The molecule has 0 saturated carbocycles. The summed E-state index contributed by atoms with van der Waals surface area (Å²) >= 11 is 0. The Labute approximate surface area is 69.7 Å². The van der Waals surface area contributed by atoms with E-state index in [-0.39, 0.29) is 5.54 Å². The Morgan fingerprint density at radius 2 is 2.09 bits per heavy atom. The minimum Gasteiger partial charge on any atom is -0.325 e. The molecule has 1 nitrogen and oxygen atoms in total. The molecule has 3 unspecified atom stereocenters. The largest absolute Gasteiger partial charge is 0.325 e. The Kier molecular flexibility index (Phi) is 2.10. The summed E-state index contributed by atoms with van der Waals surface area (Å²) in [5, 5.41) is 0. The van der Waals surface area contributed by atoms with Gasteiger partial charge in [0.05, 0.1) is 0 Å². The smallest absolute Gasteiger partial charge is 0.0215 e. The zero-order chi connectivity index (χ0) is 8.65. The van der Waals surface area contributed by atoms with Crippen LogP contribution >= 0.6 is 0 Å². The summed E-state index contributed by atoms with van der Waals surface area (Å²) in [5.74, 6) is 1.13. The second kappa shape index (κ2) is 2.63. The first kappa shape index (κ1) is 8.79. The van der Waals surface area contributed by atoms with Gasteiger partial charge in [-0.25, -0.2) is 0 Å². The van der Waals surface area contributed by atoms with Crippen LogP contribution in [-0.2, 0) is 0 Å². The molecule has 1 heteroatoms. The van der Waals surface area contributed by atoms with E-state index in [1.807, 2.05) is 0 Å². The number of rotatable bonds is 0. The molecule has 0 saturated heterocycles. The van der Waals surface area contributed by atoms with E-state index in [9.17, 15) is 0 Å². The molecule has 0 aromatic carbocycles. The topological polar surface area (TPSA) is 26.0 Å². The van der Waals surface area contributed by atoms with E-state index in [1.165, 1.54) is 5.57 Å². The van der Waals surface area contributed by atoms with Crippen molar-refractivity contribution in [3.63, 3.8) is 0 Å². The van der Waals surface area contributed by atoms with Crippen molar-refractivity contribution in [2.45, 2.75) is 39.7 Å². The first-order valence-electron chi connectivity index (χ1n) is 4.40. The summed E-state index contributed by atoms with van der Waals surface area (Å²) in [6, 6.07) is 0. The average molecular weight is 153 g/mol. The van der Waals surface area contributed by atoms with E-state index in [2.05, 4.69) is 33.8 Å². The predicted octanol–water partition coefficient (Wildman–Crippen LogP) is 2.33. The maximum atomic E-state index is 6.18. The summed E-state index contributed by atoms with van der Waals surface area (Å²) in [7, 11) is 0. The van der Waals surface area contributed by atoms with E-state index >= 15 is 0 Å². The van der Waals surface area contributed by atoms with Crippen molar-refractivity contribution >= 4 is 0 Å². The van der Waals surface area contributed by atoms with Crippen LogP contribution in [-0.4, -0.2) is 5.54 Å². The molecule has 0 aliphatic heterocycles. The van der Waals surface area contributed by atoms with Gasteiger partial charge in [-0.3, -0.25) is 0 Å². The Hall–Kier alpha value is -0.300. The van der Waals surface area contributed by atoms with Crippen molar-refractivity contribution < 1.29 is 0 Å². The van der Waals surface area contributed by atoms with Gasteiger partial charge < -0.3 is 5.73 Å². The molecule has 0 bridgehead atoms. The molecule has 1 rings (SSSR count). The third-order valence-electron chi connectivity index (χ3n) is 3.21. The Bertz CT molecular complexity index is 179. The fraction of sp³-hybridized carbons (Fsp3) is 0.800. The van der Waals surface area contributed by atoms with Crippen LogP contribution in [0.25, 0.3) is 0 Å². The van der Waals surface area contributed by atoms with Crippen molar-refractivity contribution in [2.24, 2.45) is 17.6 Å². The van der Waals surface area contributed by atoms with Gasteiger partial charge in [-0.15, -0.1) is 0 Å². The minimum atomic E-state index is -0.000486. The number of hydrogen-bond donors (Lipinski definition) is 1. The lowest BCUT2D eigenvalue weighted by molar-refractivity contribution is 0.236. The standard InChI is InChI=1S/C10H19N/c1-7-5-8(2)10(4,11)9(3)6-7/h5,8-9H,6,11H2,1-4H3. The highest BCUT2D eigenvalue weighted by molar-refractivity contribution is 5.14. The zero-order valence-corrected chi connectivity index (χ0v) is 8.02. The molecular formula is C10H19N. The number of hydrogen-bond acceptors (Lipinski definition) is 1. The molecule has 0 fully saturated rings. The first-order valence-corrected chi connectivity index (χ1v) is 4.40. The van der Waals surface area contributed by atoms with Gasteiger partial charge in [-0.1, -0.05) is 25.5 Å². The van der Waals surface area contributed by atoms with Crippen LogP contribution in [0.15, 0.2) is 11.6 Å². The average Bonchev–Trinajstić information content (AvgIpc) is 1.84. The second-order valence-electron chi connectivity index (χ2n) is 4.27. The molecule has 0 heterocycles. The van der Waals surface area contributed by atoms with Gasteiger partial charge in [0.1, 0.15) is 0 Å². The van der Waals surface area contributed by atoms with Crippen LogP contribution in [0, 0.1) is 11.8 Å². The quantitative estimate of drug-likeness (QED) is 0.531. The predicted molar refractivity (Wildman–Crippen MR) is 49.3 cm³/mol. The van der Waals surface area contributed by atoms with Crippen molar-refractivity contribution in [3.05, 3.63) is 11.6 Å². The Morgan fingerprint density at radius 3 is 2.55 bits per heavy atom. The highest BCUT2D eigenvalue weighted by Crippen LogP contribution is 2.34. The summed E-state index contributed by atoms with van der Waals surface area (Å²) in [5.41, 5.74) is 7.68. The highest BCUT2D eigenvalue weighted by atomic mass is 14.8. The van der Waals surface area contributed by atoms with Crippen LogP contribution < -0.4 is 5.73 Å². The molecule has 3 atom stereocenters. The Balaban J connectivity index is 2.87. The maximum Gasteiger partial charge on any atom is 0.0215 e. The van der Waals surface area contributed by atoms with Crippen LogP contribution in [0.5, 0.6) is 0 Å². The monoisotopic (exact) mass is 153 g/mol. The molecule has 2 N–H and O–H groups in total. The fourth-order valence-corrected chi connectivity index (χ4v) is 1.83. The van der Waals surface area contributed by atoms with Crippen LogP contribution in [0.4, 0.5) is 0 Å². The van der Waals surface area contributed by atoms with E-state index in [0.29, 0.717) is 11.8 Å². The normalized spacial score (nSPS) is 45.4. The number of nitrogens with two attached hydrogens (primary N) is 1. The SMILES string of the molecule is CC1=CC(C)C(C)(N)C(C)C1. The molecule has 11 heavy (non-hydrogen) atoms. The van der Waals surface area contributed by atoms with Gasteiger partial charge in [0.25, 0.3) is 0 Å². The van der Waals surface area contributed by atoms with Gasteiger partial charge in [-0.2, -0.15) is 0 Å². The molecular weight excluding hydrogens is 134 g/mol. The van der Waals surface area contributed by atoms with E-state index in [1.54, 1.807) is 0 Å². The molecule has 0 aromatic rings. The van der Waals surface area contributed by atoms with Crippen LogP contribution in [0.1, 0.15) is 34.1 Å². The molecule has 0 radical (unpaired) electrons. The lowest BCUT2D eigenvalue weighted by atomic mass is 9.70. The van der Waals surface area contributed by atoms with E-state index < -0.39 is 0 Å². The second-order valence-corrected chi connectivity index (χ2v) is 4.27. The minimum absolute atomic E-state index is 0.000486. The van der Waals surface area contributed by atoms with Crippen molar-refractivity contribution in [2.75, 3.05) is 0 Å². The summed E-state index contributed by atoms with van der Waals surface area (Å²) in [6.45, 7) is 8.81. The Morgan fingerprint density at radius 1 is 1.55 bits per heavy atom. The van der Waals surface area contributed by atoms with Crippen molar-refractivity contribution in [1.82, 2.24) is 0 Å². The maximum absolute atomic E-state index is 6.18. The molecule has 1 aliphatic rings. The third kappa shape index (κ3) is 1.48. The lowest BCUT2D eigenvalue weighted by Gasteiger charge is -2.40. The lowest BCUT2D eigenvalue weighted by Crippen LogP contribution is -2.50. The van der Waals surface area contributed by atoms with Gasteiger partial charge in [0, 0.05) is 5.54 Å². The van der Waals surface area contributed by atoms with Gasteiger partial charge in [-0.05, 0) is 32.1 Å². The summed E-state index contributed by atoms with van der Waals surface area (Å²) in [4.78, 5) is 0. The van der Waals surface area contributed by atoms with Gasteiger partial charge >= 0.3 is 0 Å². The number of allylic oxidation sites excluding steroid dienone is 1. The van der Waals surface area contributed by atoms with Crippen molar-refractivity contribution in [1.29, 1.82) is 0 Å². The van der Waals surface area contributed by atoms with E-state index in [0.717, 1.165) is 6.42 Å². The summed E-state index contributed by atoms with van der Waals surface area (Å²) in [6.07, 6.45) is 3.47. The molecule has 0 spiro atoms. The zero-order valence-electron chi connectivity index (χ0n) is 8.02. The molecule has 1 aliphatic carbocycles. The highest BCUT2D eigenvalue weighted by Gasteiger charge is 2.34. The molecule has 0 aromatic heterocycles. The van der Waals surface area contributed by atoms with Gasteiger partial charge in [0.2, 0.25) is 0 Å². The summed E-state index contributed by atoms with van der Waals surface area (Å²) < 4.78 is 0.